The first-order chi connectivity index (χ1) is 6.83. The van der Waals surface area contributed by atoms with E-state index in [0.717, 1.165) is 0 Å². The molecule has 2 N–H and O–H groups in total. The summed E-state index contributed by atoms with van der Waals surface area (Å²) in [7, 11) is 0. The Hall–Kier alpha value is -1.46. The normalized spacial score (nSPS) is 11.5. The van der Waals surface area contributed by atoms with Crippen molar-refractivity contribution >= 4 is 19.0 Å². The number of hydrogen-bond acceptors (Lipinski definition) is 2. The van der Waals surface area contributed by atoms with Crippen molar-refractivity contribution < 1.29 is 17.7 Å². The third kappa shape index (κ3) is 3.01. The minimum absolute atomic E-state index is 0.0737. The highest BCUT2D eigenvalue weighted by Crippen LogP contribution is 2.23. The summed E-state index contributed by atoms with van der Waals surface area (Å²) in [5.74, 6) is 0. The largest absolute Gasteiger partial charge is 0.482 e. The number of aldehydes is 1. The van der Waals surface area contributed by atoms with Gasteiger partial charge in [-0.3, -0.25) is 4.79 Å². The maximum atomic E-state index is 12.2. The summed E-state index contributed by atoms with van der Waals surface area (Å²) in [5, 5.41) is 0. The Balaban J connectivity index is 3.18. The van der Waals surface area contributed by atoms with Crippen LogP contribution in [0.25, 0.3) is 0 Å². The van der Waals surface area contributed by atoms with Gasteiger partial charge in [-0.25, -0.2) is 0 Å². The number of benzene rings is 1. The average Bonchev–Trinajstić information content (AvgIpc) is 2.08. The Morgan fingerprint density at radius 2 is 2.00 bits per heavy atom. The summed E-state index contributed by atoms with van der Waals surface area (Å²) in [5.41, 5.74) is 6.21. The Kier molecular flexibility index (Phi) is 3.07. The zero-order valence-corrected chi connectivity index (χ0v) is 8.14. The molecule has 0 unspecified atom stereocenters. The third-order valence-corrected chi connectivity index (χ3v) is 2.16. The zero-order valence-electron chi connectivity index (χ0n) is 8.14. The molecule has 1 aromatic rings. The number of nitrogen functional groups attached to an aromatic ring is 1. The maximum Gasteiger partial charge on any atom is 0.482 e. The van der Waals surface area contributed by atoms with Gasteiger partial charge in [0, 0.05) is 11.3 Å². The second kappa shape index (κ2) is 3.96. The predicted octanol–water partition coefficient (Wildman–Crippen LogP) is 2.32. The summed E-state index contributed by atoms with van der Waals surface area (Å²) in [6.07, 6.45) is -0.490. The van der Waals surface area contributed by atoms with Gasteiger partial charge in [-0.15, -0.1) is 0 Å². The SMILES string of the molecule is Cc1c(C=O)cc(N)cc1C[B-](F)(F)F. The third-order valence-electron chi connectivity index (χ3n) is 2.16. The van der Waals surface area contributed by atoms with Crippen LogP contribution in [-0.2, 0) is 6.32 Å². The molecule has 1 rings (SSSR count). The van der Waals surface area contributed by atoms with Crippen LogP contribution in [0, 0.1) is 6.92 Å². The van der Waals surface area contributed by atoms with Gasteiger partial charge in [0.05, 0.1) is 0 Å². The standard InChI is InChI=1S/C9H10BF3NO/c1-6-7(4-10(11,12)13)2-9(14)3-8(6)5-15/h2-3,5H,4,14H2,1H3/q-1. The molecule has 6 heteroatoms. The minimum Gasteiger partial charge on any atom is -0.449 e. The molecule has 0 amide bonds. The molecule has 0 aliphatic carbocycles. The zero-order chi connectivity index (χ0) is 11.6. The van der Waals surface area contributed by atoms with Crippen LogP contribution < -0.4 is 5.73 Å². The van der Waals surface area contributed by atoms with Crippen LogP contribution in [0.1, 0.15) is 21.5 Å². The molecule has 2 nitrogen and oxygen atoms in total. The molecule has 0 bridgehead atoms. The van der Waals surface area contributed by atoms with Crippen molar-refractivity contribution in [3.8, 4) is 0 Å². The van der Waals surface area contributed by atoms with Crippen LogP contribution in [0.5, 0.6) is 0 Å². The van der Waals surface area contributed by atoms with Crippen molar-refractivity contribution in [1.29, 1.82) is 0 Å². The number of halogens is 3. The predicted molar refractivity (Wildman–Crippen MR) is 53.8 cm³/mol. The Morgan fingerprint density at radius 1 is 1.40 bits per heavy atom. The molecule has 0 heterocycles. The summed E-state index contributed by atoms with van der Waals surface area (Å²) < 4.78 is 36.7. The van der Waals surface area contributed by atoms with E-state index in [9.17, 15) is 17.7 Å². The van der Waals surface area contributed by atoms with E-state index in [2.05, 4.69) is 0 Å². The fraction of sp³-hybridized carbons (Fsp3) is 0.222. The highest BCUT2D eigenvalue weighted by Gasteiger charge is 2.24. The molecule has 0 radical (unpaired) electrons. The van der Waals surface area contributed by atoms with Crippen molar-refractivity contribution in [2.24, 2.45) is 0 Å². The molecule has 0 saturated heterocycles. The summed E-state index contributed by atoms with van der Waals surface area (Å²) in [4.78, 5) is 10.6. The van der Waals surface area contributed by atoms with Gasteiger partial charge in [0.25, 0.3) is 0 Å². The first kappa shape index (κ1) is 11.6. The van der Waals surface area contributed by atoms with Crippen LogP contribution in [-0.4, -0.2) is 13.3 Å². The minimum atomic E-state index is -4.91. The summed E-state index contributed by atoms with van der Waals surface area (Å²) in [6, 6.07) is 2.63. The highest BCUT2D eigenvalue weighted by molar-refractivity contribution is 6.57. The van der Waals surface area contributed by atoms with E-state index in [1.807, 2.05) is 0 Å². The van der Waals surface area contributed by atoms with Crippen LogP contribution in [0.4, 0.5) is 18.6 Å². The van der Waals surface area contributed by atoms with E-state index >= 15 is 0 Å². The topological polar surface area (TPSA) is 43.1 Å². The lowest BCUT2D eigenvalue weighted by Crippen LogP contribution is -2.20. The van der Waals surface area contributed by atoms with Gasteiger partial charge in [-0.1, -0.05) is 11.9 Å². The van der Waals surface area contributed by atoms with E-state index in [1.165, 1.54) is 19.1 Å². The van der Waals surface area contributed by atoms with E-state index in [0.29, 0.717) is 11.8 Å². The molecule has 0 aromatic heterocycles. The molecule has 0 aliphatic heterocycles. The number of anilines is 1. The number of rotatable bonds is 3. The molecule has 82 valence electrons. The Morgan fingerprint density at radius 3 is 2.47 bits per heavy atom. The lowest BCUT2D eigenvalue weighted by Gasteiger charge is -2.16. The first-order valence-electron chi connectivity index (χ1n) is 4.38. The van der Waals surface area contributed by atoms with E-state index < -0.39 is 13.3 Å². The smallest absolute Gasteiger partial charge is 0.449 e. The fourth-order valence-corrected chi connectivity index (χ4v) is 1.41. The maximum absolute atomic E-state index is 12.2. The molecular weight excluding hydrogens is 206 g/mol. The van der Waals surface area contributed by atoms with Crippen molar-refractivity contribution in [3.63, 3.8) is 0 Å². The molecule has 15 heavy (non-hydrogen) atoms. The van der Waals surface area contributed by atoms with E-state index in [1.54, 1.807) is 0 Å². The van der Waals surface area contributed by atoms with Gasteiger partial charge >= 0.3 is 6.98 Å². The van der Waals surface area contributed by atoms with Gasteiger partial charge in [0.2, 0.25) is 0 Å². The van der Waals surface area contributed by atoms with E-state index in [-0.39, 0.29) is 16.8 Å². The van der Waals surface area contributed by atoms with Gasteiger partial charge < -0.3 is 18.7 Å². The Bertz CT molecular complexity index is 390. The van der Waals surface area contributed by atoms with Crippen molar-refractivity contribution in [3.05, 3.63) is 28.8 Å². The quantitative estimate of drug-likeness (QED) is 0.478. The Labute approximate surface area is 85.3 Å². The number of nitrogens with two attached hydrogens (primary N) is 1. The van der Waals surface area contributed by atoms with Crippen molar-refractivity contribution in [2.75, 3.05) is 5.73 Å². The summed E-state index contributed by atoms with van der Waals surface area (Å²) in [6.45, 7) is -3.42. The van der Waals surface area contributed by atoms with Gasteiger partial charge in [-0.05, 0) is 24.6 Å². The van der Waals surface area contributed by atoms with Crippen LogP contribution in [0.2, 0.25) is 0 Å². The molecule has 0 atom stereocenters. The lowest BCUT2D eigenvalue weighted by atomic mass is 9.79. The molecule has 0 aliphatic rings. The number of carbonyl (C=O) groups excluding carboxylic acids is 1. The van der Waals surface area contributed by atoms with Gasteiger partial charge in [0.1, 0.15) is 6.29 Å². The lowest BCUT2D eigenvalue weighted by molar-refractivity contribution is 0.112. The van der Waals surface area contributed by atoms with Crippen molar-refractivity contribution in [2.45, 2.75) is 13.2 Å². The molecule has 0 spiro atoms. The summed E-state index contributed by atoms with van der Waals surface area (Å²) >= 11 is 0. The second-order valence-electron chi connectivity index (χ2n) is 3.43. The van der Waals surface area contributed by atoms with Crippen LogP contribution in [0.3, 0.4) is 0 Å². The second-order valence-corrected chi connectivity index (χ2v) is 3.43. The van der Waals surface area contributed by atoms with Crippen molar-refractivity contribution in [1.82, 2.24) is 0 Å². The highest BCUT2D eigenvalue weighted by atomic mass is 19.4. The van der Waals surface area contributed by atoms with Crippen LogP contribution in [0.15, 0.2) is 12.1 Å². The van der Waals surface area contributed by atoms with Gasteiger partial charge in [0.15, 0.2) is 0 Å². The molecule has 1 aromatic carbocycles. The van der Waals surface area contributed by atoms with Gasteiger partial charge in [-0.2, -0.15) is 0 Å². The fourth-order valence-electron chi connectivity index (χ4n) is 1.41. The number of hydrogen-bond donors (Lipinski definition) is 1. The van der Waals surface area contributed by atoms with Crippen LogP contribution >= 0.6 is 0 Å². The first-order valence-corrected chi connectivity index (χ1v) is 4.38. The molecule has 0 fully saturated rings. The number of carbonyl (C=O) groups is 1. The molecule has 0 saturated carbocycles. The average molecular weight is 216 g/mol. The monoisotopic (exact) mass is 216 g/mol. The van der Waals surface area contributed by atoms with E-state index in [4.69, 9.17) is 5.73 Å². The molecular formula is C9H10BF3NO-.